The van der Waals surface area contributed by atoms with Crippen molar-refractivity contribution >= 4 is 23.6 Å². The molecule has 0 aliphatic heterocycles. The summed E-state index contributed by atoms with van der Waals surface area (Å²) in [6, 6.07) is 12.8. The van der Waals surface area contributed by atoms with E-state index >= 15 is 0 Å². The number of carbonyl (C=O) groups is 1. The first-order valence-electron chi connectivity index (χ1n) is 7.29. The summed E-state index contributed by atoms with van der Waals surface area (Å²) in [5.41, 5.74) is 1.28. The van der Waals surface area contributed by atoms with Crippen LogP contribution in [0, 0.1) is 5.82 Å². The topological polar surface area (TPSA) is 65.2 Å². The first-order chi connectivity index (χ1) is 12.1. The molecule has 0 radical (unpaired) electrons. The number of rotatable bonds is 5. The van der Waals surface area contributed by atoms with Gasteiger partial charge in [0.1, 0.15) is 5.82 Å². The fraction of sp³-hybridized carbons (Fsp3) is 0.0556. The number of halogens is 2. The van der Waals surface area contributed by atoms with Crippen LogP contribution in [0.2, 0.25) is 5.02 Å². The van der Waals surface area contributed by atoms with Gasteiger partial charge in [-0.15, -0.1) is 10.2 Å². The smallest absolute Gasteiger partial charge is 0.331 e. The van der Waals surface area contributed by atoms with Crippen LogP contribution in [0.25, 0.3) is 17.5 Å². The Balaban J connectivity index is 1.58. The molecule has 126 valence electrons. The molecule has 3 rings (SSSR count). The Kier molecular flexibility index (Phi) is 5.20. The predicted octanol–water partition coefficient (Wildman–Crippen LogP) is 4.29. The molecule has 1 heterocycles. The van der Waals surface area contributed by atoms with Crippen molar-refractivity contribution in [1.82, 2.24) is 10.2 Å². The van der Waals surface area contributed by atoms with Gasteiger partial charge in [0.05, 0.1) is 10.6 Å². The van der Waals surface area contributed by atoms with E-state index in [1.165, 1.54) is 24.3 Å². The Labute approximate surface area is 147 Å². The van der Waals surface area contributed by atoms with Gasteiger partial charge in [-0.3, -0.25) is 0 Å². The Bertz CT molecular complexity index is 907. The first kappa shape index (κ1) is 16.9. The molecule has 0 unspecified atom stereocenters. The molecular weight excluding hydrogens is 347 g/mol. The maximum Gasteiger partial charge on any atom is 0.331 e. The van der Waals surface area contributed by atoms with Gasteiger partial charge in [0.2, 0.25) is 5.89 Å². The van der Waals surface area contributed by atoms with Crippen LogP contribution in [0.3, 0.4) is 0 Å². The average Bonchev–Trinajstić information content (AvgIpc) is 3.08. The molecule has 0 aliphatic rings. The summed E-state index contributed by atoms with van der Waals surface area (Å²) in [5, 5.41) is 8.18. The van der Waals surface area contributed by atoms with Gasteiger partial charge in [-0.05, 0) is 35.9 Å². The third kappa shape index (κ3) is 4.51. The molecule has 3 aromatic rings. The van der Waals surface area contributed by atoms with Gasteiger partial charge in [0.25, 0.3) is 5.89 Å². The van der Waals surface area contributed by atoms with Gasteiger partial charge in [-0.2, -0.15) is 0 Å². The lowest BCUT2D eigenvalue weighted by Crippen LogP contribution is -2.00. The second kappa shape index (κ2) is 7.72. The molecule has 0 saturated heterocycles. The van der Waals surface area contributed by atoms with E-state index < -0.39 is 5.97 Å². The van der Waals surface area contributed by atoms with Crippen LogP contribution >= 0.6 is 11.6 Å². The van der Waals surface area contributed by atoms with Crippen LogP contribution in [-0.4, -0.2) is 16.2 Å². The number of benzene rings is 2. The molecule has 25 heavy (non-hydrogen) atoms. The minimum atomic E-state index is -0.582. The van der Waals surface area contributed by atoms with Crippen LogP contribution in [0.4, 0.5) is 4.39 Å². The van der Waals surface area contributed by atoms with E-state index in [0.29, 0.717) is 16.1 Å². The van der Waals surface area contributed by atoms with E-state index in [1.54, 1.807) is 36.4 Å². The van der Waals surface area contributed by atoms with E-state index in [2.05, 4.69) is 10.2 Å². The van der Waals surface area contributed by atoms with Crippen molar-refractivity contribution in [1.29, 1.82) is 0 Å². The van der Waals surface area contributed by atoms with Crippen molar-refractivity contribution in [2.24, 2.45) is 0 Å². The molecular formula is C18H12ClFN2O3. The summed E-state index contributed by atoms with van der Waals surface area (Å²) in [4.78, 5) is 11.7. The zero-order valence-electron chi connectivity index (χ0n) is 12.9. The zero-order valence-corrected chi connectivity index (χ0v) is 13.6. The van der Waals surface area contributed by atoms with Crippen LogP contribution in [0.15, 0.2) is 59.0 Å². The minimum Gasteiger partial charge on any atom is -0.452 e. The Morgan fingerprint density at radius 3 is 2.68 bits per heavy atom. The summed E-state index contributed by atoms with van der Waals surface area (Å²) in [7, 11) is 0. The summed E-state index contributed by atoms with van der Waals surface area (Å²) < 4.78 is 23.2. The Hall–Kier alpha value is -2.99. The highest BCUT2D eigenvalue weighted by Gasteiger charge is 2.12. The molecule has 0 aliphatic carbocycles. The van der Waals surface area contributed by atoms with Gasteiger partial charge in [0.15, 0.2) is 6.61 Å². The van der Waals surface area contributed by atoms with Crippen LogP contribution in [0.1, 0.15) is 11.5 Å². The molecule has 0 atom stereocenters. The van der Waals surface area contributed by atoms with Gasteiger partial charge in [-0.25, -0.2) is 9.18 Å². The highest BCUT2D eigenvalue weighted by Crippen LogP contribution is 2.26. The van der Waals surface area contributed by atoms with E-state index in [-0.39, 0.29) is 24.2 Å². The second-order valence-electron chi connectivity index (χ2n) is 4.97. The second-order valence-corrected chi connectivity index (χ2v) is 5.38. The molecule has 0 saturated carbocycles. The number of hydrogen-bond acceptors (Lipinski definition) is 5. The monoisotopic (exact) mass is 358 g/mol. The van der Waals surface area contributed by atoms with Crippen LogP contribution in [0.5, 0.6) is 0 Å². The average molecular weight is 359 g/mol. The third-order valence-electron chi connectivity index (χ3n) is 3.19. The summed E-state index contributed by atoms with van der Waals surface area (Å²) in [6.45, 7) is -0.163. The minimum absolute atomic E-state index is 0.151. The normalized spacial score (nSPS) is 11.0. The summed E-state index contributed by atoms with van der Waals surface area (Å²) in [6.07, 6.45) is 2.75. The lowest BCUT2D eigenvalue weighted by atomic mass is 10.2. The Morgan fingerprint density at radius 1 is 1.16 bits per heavy atom. The molecule has 1 aromatic heterocycles. The standard InChI is InChI=1S/C18H12ClFN2O3/c19-15-4-2-1-3-14(15)18-22-21-16(25-18)11-24-17(23)10-7-12-5-8-13(20)9-6-12/h1-10H,11H2. The van der Waals surface area contributed by atoms with Gasteiger partial charge < -0.3 is 9.15 Å². The number of aromatic nitrogens is 2. The van der Waals surface area contributed by atoms with E-state index in [1.807, 2.05) is 0 Å². The van der Waals surface area contributed by atoms with Crippen molar-refractivity contribution in [3.05, 3.63) is 76.9 Å². The number of carbonyl (C=O) groups excluding carboxylic acids is 1. The highest BCUT2D eigenvalue weighted by atomic mass is 35.5. The summed E-state index contributed by atoms with van der Waals surface area (Å²) in [5.74, 6) is -0.524. The summed E-state index contributed by atoms with van der Waals surface area (Å²) >= 11 is 6.06. The number of nitrogens with zero attached hydrogens (tertiary/aromatic N) is 2. The van der Waals surface area contributed by atoms with Crippen molar-refractivity contribution < 1.29 is 18.3 Å². The lowest BCUT2D eigenvalue weighted by Gasteiger charge is -1.98. The molecule has 0 spiro atoms. The van der Waals surface area contributed by atoms with Crippen molar-refractivity contribution in [3.8, 4) is 11.5 Å². The van der Waals surface area contributed by atoms with E-state index in [0.717, 1.165) is 0 Å². The van der Waals surface area contributed by atoms with E-state index in [9.17, 15) is 9.18 Å². The molecule has 0 N–H and O–H groups in total. The number of ether oxygens (including phenoxy) is 1. The number of hydrogen-bond donors (Lipinski definition) is 0. The maximum atomic E-state index is 12.8. The Morgan fingerprint density at radius 2 is 1.92 bits per heavy atom. The fourth-order valence-electron chi connectivity index (χ4n) is 1.97. The molecule has 2 aromatic carbocycles. The maximum absolute atomic E-state index is 12.8. The first-order valence-corrected chi connectivity index (χ1v) is 7.67. The lowest BCUT2D eigenvalue weighted by molar-refractivity contribution is -0.139. The van der Waals surface area contributed by atoms with Gasteiger partial charge in [-0.1, -0.05) is 35.9 Å². The fourth-order valence-corrected chi connectivity index (χ4v) is 2.19. The van der Waals surface area contributed by atoms with E-state index in [4.69, 9.17) is 20.8 Å². The molecule has 0 amide bonds. The van der Waals surface area contributed by atoms with Gasteiger partial charge >= 0.3 is 5.97 Å². The highest BCUT2D eigenvalue weighted by molar-refractivity contribution is 6.33. The third-order valence-corrected chi connectivity index (χ3v) is 3.52. The quantitative estimate of drug-likeness (QED) is 0.503. The molecule has 0 bridgehead atoms. The molecule has 5 nitrogen and oxygen atoms in total. The van der Waals surface area contributed by atoms with Gasteiger partial charge in [0, 0.05) is 6.08 Å². The SMILES string of the molecule is O=C(C=Cc1ccc(F)cc1)OCc1nnc(-c2ccccc2Cl)o1. The van der Waals surface area contributed by atoms with Crippen molar-refractivity contribution in [3.63, 3.8) is 0 Å². The van der Waals surface area contributed by atoms with Crippen LogP contribution < -0.4 is 0 Å². The van der Waals surface area contributed by atoms with Crippen LogP contribution in [-0.2, 0) is 16.1 Å². The van der Waals surface area contributed by atoms with Crippen molar-refractivity contribution in [2.45, 2.75) is 6.61 Å². The largest absolute Gasteiger partial charge is 0.452 e. The van der Waals surface area contributed by atoms with Crippen molar-refractivity contribution in [2.75, 3.05) is 0 Å². The molecule has 7 heteroatoms. The predicted molar refractivity (Wildman–Crippen MR) is 90.0 cm³/mol. The number of esters is 1. The molecule has 0 fully saturated rings. The zero-order chi connectivity index (χ0) is 17.6.